The molecule has 0 saturated heterocycles. The molecule has 3 aromatic rings. The maximum atomic E-state index is 6.73. The molecular weight excluding hydrogens is 458 g/mol. The normalized spacial score (nSPS) is 16.1. The van der Waals surface area contributed by atoms with Crippen LogP contribution in [0.15, 0.2) is 78.9 Å². The van der Waals surface area contributed by atoms with Crippen molar-refractivity contribution in [3.05, 3.63) is 84.4 Å². The smallest absolute Gasteiger partial charge is 0.114 e. The number of hydrogen-bond acceptors (Lipinski definition) is 0. The van der Waals surface area contributed by atoms with Crippen LogP contribution in [0, 0.1) is 0 Å². The molecule has 138 valence electrons. The van der Waals surface area contributed by atoms with Gasteiger partial charge >= 0.3 is 0 Å². The fourth-order valence-corrected chi connectivity index (χ4v) is 10.3. The second-order valence-electron chi connectivity index (χ2n) is 6.59. The molecule has 0 saturated carbocycles. The molecule has 1 atom stereocenters. The molecule has 1 aliphatic heterocycles. The molecule has 1 unspecified atom stereocenters. The van der Waals surface area contributed by atoms with Crippen molar-refractivity contribution in [1.82, 2.24) is 0 Å². The van der Waals surface area contributed by atoms with E-state index in [1.54, 1.807) is 0 Å². The molecule has 6 heteroatoms. The van der Waals surface area contributed by atoms with Crippen LogP contribution < -0.4 is 20.7 Å². The van der Waals surface area contributed by atoms with Crippen LogP contribution in [-0.2, 0) is 0 Å². The Hall–Kier alpha value is -0.673. The highest BCUT2D eigenvalue weighted by atomic mass is 35.5. The molecule has 0 spiro atoms. The van der Waals surface area contributed by atoms with Crippen LogP contribution in [-0.4, -0.2) is 17.2 Å². The molecule has 3 aromatic carbocycles. The average molecular weight is 473 g/mol. The summed E-state index contributed by atoms with van der Waals surface area (Å²) in [6.45, 7) is 0. The van der Waals surface area contributed by atoms with Gasteiger partial charge in [-0.05, 0) is 26.3 Å². The van der Waals surface area contributed by atoms with E-state index in [1.165, 1.54) is 20.7 Å². The summed E-state index contributed by atoms with van der Waals surface area (Å²) in [6, 6.07) is 27.4. The summed E-state index contributed by atoms with van der Waals surface area (Å²) in [7, 11) is -2.31. The fraction of sp³-hybridized carbons (Fsp3) is 0.143. The van der Waals surface area contributed by atoms with E-state index in [1.807, 2.05) is 12.1 Å². The first-order valence-electron chi connectivity index (χ1n) is 8.46. The van der Waals surface area contributed by atoms with Gasteiger partial charge in [0, 0.05) is 0 Å². The van der Waals surface area contributed by atoms with Gasteiger partial charge < -0.3 is 0 Å². The van der Waals surface area contributed by atoms with Crippen molar-refractivity contribution in [2.75, 3.05) is 0 Å². The van der Waals surface area contributed by atoms with Crippen LogP contribution >= 0.6 is 58.0 Å². The van der Waals surface area contributed by atoms with Gasteiger partial charge in [-0.25, -0.2) is 0 Å². The van der Waals surface area contributed by atoms with E-state index < -0.39 is 22.6 Å². The molecule has 0 amide bonds. The van der Waals surface area contributed by atoms with Crippen molar-refractivity contribution in [3.63, 3.8) is 0 Å². The highest BCUT2D eigenvalue weighted by Gasteiger charge is 2.56. The molecule has 0 nitrogen and oxygen atoms in total. The second-order valence-corrected chi connectivity index (χ2v) is 13.3. The summed E-state index contributed by atoms with van der Waals surface area (Å²) in [6.07, 6.45) is 0. The Morgan fingerprint density at radius 2 is 1.07 bits per heavy atom. The first-order chi connectivity index (χ1) is 12.9. The van der Waals surface area contributed by atoms with Gasteiger partial charge in [-0.15, -0.1) is 34.8 Å². The third kappa shape index (κ3) is 2.87. The quantitative estimate of drug-likeness (QED) is 0.293. The van der Waals surface area contributed by atoms with Crippen LogP contribution in [0.2, 0.25) is 0 Å². The molecule has 1 aliphatic rings. The summed E-state index contributed by atoms with van der Waals surface area (Å²) in [4.78, 5) is -1.01. The zero-order chi connectivity index (χ0) is 19.2. The summed E-state index contributed by atoms with van der Waals surface area (Å²) in [5, 5.41) is 4.31. The Kier molecular flexibility index (Phi) is 5.31. The Labute approximate surface area is 185 Å². The SMILES string of the molecule is ClC(Cl)C(Cl)(Cl)C(Cl)c1c2cccc1[Si]2(c1ccccc1)c1ccccc1. The minimum Gasteiger partial charge on any atom is -0.114 e. The van der Waals surface area contributed by atoms with Crippen molar-refractivity contribution in [2.45, 2.75) is 14.5 Å². The van der Waals surface area contributed by atoms with Crippen molar-refractivity contribution in [1.29, 1.82) is 0 Å². The number of rotatable bonds is 5. The molecular formula is C21H15Cl5Si. The van der Waals surface area contributed by atoms with Crippen molar-refractivity contribution < 1.29 is 0 Å². The number of fused-ring (bicyclic) bond motifs is 2. The number of alkyl halides is 5. The van der Waals surface area contributed by atoms with E-state index in [-0.39, 0.29) is 0 Å². The van der Waals surface area contributed by atoms with Crippen molar-refractivity contribution in [3.8, 4) is 0 Å². The molecule has 0 N–H and O–H groups in total. The largest absolute Gasteiger partial charge is 0.180 e. The van der Waals surface area contributed by atoms with Crippen molar-refractivity contribution >= 4 is 86.8 Å². The highest BCUT2D eigenvalue weighted by Crippen LogP contribution is 2.48. The second kappa shape index (κ2) is 7.30. The molecule has 4 rings (SSSR count). The molecule has 27 heavy (non-hydrogen) atoms. The standard InChI is InChI=1S/C21H15Cl5Si/c22-19(21(25,26)20(23)24)18-16-12-7-13-17(18)27(16,14-8-3-1-4-9-14)15-10-5-2-6-11-15/h1-13,19-20H. The molecule has 1 heterocycles. The van der Waals surface area contributed by atoms with Gasteiger partial charge in [0.25, 0.3) is 0 Å². The molecule has 0 aromatic heterocycles. The van der Waals surface area contributed by atoms with Gasteiger partial charge in [0.2, 0.25) is 0 Å². The van der Waals surface area contributed by atoms with Crippen LogP contribution in [0.5, 0.6) is 0 Å². The minimum atomic E-state index is -2.31. The van der Waals surface area contributed by atoms with E-state index in [4.69, 9.17) is 58.0 Å². The summed E-state index contributed by atoms with van der Waals surface area (Å²) in [5.41, 5.74) is 0.954. The van der Waals surface area contributed by atoms with Gasteiger partial charge in [0.15, 0.2) is 12.4 Å². The Balaban J connectivity index is 1.94. The lowest BCUT2D eigenvalue weighted by Crippen LogP contribution is -2.83. The van der Waals surface area contributed by atoms with Crippen molar-refractivity contribution in [2.24, 2.45) is 0 Å². The maximum Gasteiger partial charge on any atom is 0.180 e. The number of hydrogen-bond donors (Lipinski definition) is 0. The lowest BCUT2D eigenvalue weighted by atomic mass is 10.1. The van der Waals surface area contributed by atoms with Crippen LogP contribution in [0.4, 0.5) is 0 Å². The van der Waals surface area contributed by atoms with Gasteiger partial charge in [-0.2, -0.15) is 0 Å². The van der Waals surface area contributed by atoms with Gasteiger partial charge in [0.05, 0.1) is 5.38 Å². The van der Waals surface area contributed by atoms with Gasteiger partial charge in [-0.3, -0.25) is 0 Å². The predicted octanol–water partition coefficient (Wildman–Crippen LogP) is 4.63. The van der Waals surface area contributed by atoms with E-state index >= 15 is 0 Å². The molecule has 0 fully saturated rings. The Morgan fingerprint density at radius 1 is 0.630 bits per heavy atom. The lowest BCUT2D eigenvalue weighted by Gasteiger charge is -2.48. The lowest BCUT2D eigenvalue weighted by molar-refractivity contribution is 0.798. The predicted molar refractivity (Wildman–Crippen MR) is 122 cm³/mol. The Bertz CT molecular complexity index is 893. The third-order valence-electron chi connectivity index (χ3n) is 5.21. The highest BCUT2D eigenvalue weighted by molar-refractivity contribution is 7.23. The van der Waals surface area contributed by atoms with Crippen LogP contribution in [0.3, 0.4) is 0 Å². The van der Waals surface area contributed by atoms with E-state index in [0.717, 1.165) is 5.56 Å². The summed E-state index contributed by atoms with van der Waals surface area (Å²) >= 11 is 31.6. The van der Waals surface area contributed by atoms with E-state index in [9.17, 15) is 0 Å². The minimum absolute atomic E-state index is 0.708. The Morgan fingerprint density at radius 3 is 1.48 bits per heavy atom. The number of benzene rings is 3. The average Bonchev–Trinajstić information content (AvgIpc) is 2.70. The number of halogens is 5. The summed E-state index contributed by atoms with van der Waals surface area (Å²) in [5.74, 6) is 0. The monoisotopic (exact) mass is 470 g/mol. The molecule has 2 bridgehead atoms. The third-order valence-corrected chi connectivity index (χ3v) is 12.9. The first kappa shape index (κ1) is 19.6. The zero-order valence-electron chi connectivity index (χ0n) is 14.1. The fourth-order valence-electron chi connectivity index (χ4n) is 4.04. The van der Waals surface area contributed by atoms with Crippen LogP contribution in [0.25, 0.3) is 0 Å². The maximum absolute atomic E-state index is 6.73. The molecule has 0 aliphatic carbocycles. The van der Waals surface area contributed by atoms with Crippen LogP contribution in [0.1, 0.15) is 10.9 Å². The van der Waals surface area contributed by atoms with Gasteiger partial charge in [0.1, 0.15) is 4.84 Å². The van der Waals surface area contributed by atoms with E-state index in [0.29, 0.717) is 0 Å². The zero-order valence-corrected chi connectivity index (χ0v) is 18.8. The topological polar surface area (TPSA) is 0 Å². The first-order valence-corrected chi connectivity index (χ1v) is 12.5. The molecule has 0 radical (unpaired) electrons. The van der Waals surface area contributed by atoms with Gasteiger partial charge in [-0.1, -0.05) is 102 Å². The summed E-state index contributed by atoms with van der Waals surface area (Å²) < 4.78 is -1.48. The van der Waals surface area contributed by atoms with E-state index in [2.05, 4.69) is 66.7 Å².